The van der Waals surface area contributed by atoms with Gasteiger partial charge in [0.05, 0.1) is 5.92 Å². The standard InChI is InChI=1S/C21H26N4O2.ClH/c22-18-10-8-16(9-11-18)12-13-23-20(26)17-5-4-14-25(15-17)21(27)24-19-6-2-1-3-7-19;/h1-3,6-11,17H,4-5,12-15,22H2,(H,23,26)(H,24,27);1H. The first-order chi connectivity index (χ1) is 13.1. The minimum atomic E-state index is -0.160. The van der Waals surface area contributed by atoms with Crippen LogP contribution in [0.2, 0.25) is 0 Å². The molecule has 0 radical (unpaired) electrons. The van der Waals surface area contributed by atoms with Crippen LogP contribution >= 0.6 is 12.4 Å². The number of nitrogens with two attached hydrogens (primary N) is 1. The van der Waals surface area contributed by atoms with E-state index in [4.69, 9.17) is 5.73 Å². The maximum atomic E-state index is 12.5. The van der Waals surface area contributed by atoms with Gasteiger partial charge in [-0.25, -0.2) is 4.79 Å². The molecule has 4 N–H and O–H groups in total. The lowest BCUT2D eigenvalue weighted by Crippen LogP contribution is -2.47. The van der Waals surface area contributed by atoms with E-state index in [1.54, 1.807) is 4.90 Å². The van der Waals surface area contributed by atoms with E-state index in [1.165, 1.54) is 0 Å². The average molecular weight is 403 g/mol. The molecule has 3 rings (SSSR count). The van der Waals surface area contributed by atoms with Crippen LogP contribution in [0.25, 0.3) is 0 Å². The molecule has 0 saturated carbocycles. The fourth-order valence-electron chi connectivity index (χ4n) is 3.26. The molecule has 0 aromatic heterocycles. The van der Waals surface area contributed by atoms with Crippen LogP contribution < -0.4 is 16.4 Å². The lowest BCUT2D eigenvalue weighted by Gasteiger charge is -2.32. The van der Waals surface area contributed by atoms with Crippen molar-refractivity contribution in [3.8, 4) is 0 Å². The molecule has 1 aliphatic heterocycles. The number of halogens is 1. The number of nitrogen functional groups attached to an aromatic ring is 1. The fourth-order valence-corrected chi connectivity index (χ4v) is 3.26. The van der Waals surface area contributed by atoms with Crippen molar-refractivity contribution in [2.75, 3.05) is 30.7 Å². The Morgan fingerprint density at radius 2 is 1.79 bits per heavy atom. The van der Waals surface area contributed by atoms with Gasteiger partial charge in [-0.05, 0) is 49.1 Å². The Balaban J connectivity index is 0.00000280. The summed E-state index contributed by atoms with van der Waals surface area (Å²) in [4.78, 5) is 26.6. The Morgan fingerprint density at radius 3 is 2.50 bits per heavy atom. The van der Waals surface area contributed by atoms with Crippen LogP contribution in [-0.2, 0) is 11.2 Å². The number of rotatable bonds is 5. The third kappa shape index (κ3) is 6.16. The summed E-state index contributed by atoms with van der Waals surface area (Å²) in [5, 5.41) is 5.88. The van der Waals surface area contributed by atoms with Crippen LogP contribution in [0.15, 0.2) is 54.6 Å². The van der Waals surface area contributed by atoms with Crippen molar-refractivity contribution in [2.45, 2.75) is 19.3 Å². The highest BCUT2D eigenvalue weighted by molar-refractivity contribution is 5.90. The molecule has 2 aromatic carbocycles. The fraction of sp³-hybridized carbons (Fsp3) is 0.333. The number of urea groups is 1. The van der Waals surface area contributed by atoms with Crippen molar-refractivity contribution in [2.24, 2.45) is 5.92 Å². The minimum Gasteiger partial charge on any atom is -0.399 e. The molecule has 0 aliphatic carbocycles. The second-order valence-electron chi connectivity index (χ2n) is 6.86. The van der Waals surface area contributed by atoms with Gasteiger partial charge in [0, 0.05) is 31.0 Å². The lowest BCUT2D eigenvalue weighted by atomic mass is 9.97. The van der Waals surface area contributed by atoms with Gasteiger partial charge in [-0.1, -0.05) is 30.3 Å². The molecular weight excluding hydrogens is 376 g/mol. The smallest absolute Gasteiger partial charge is 0.321 e. The first-order valence-electron chi connectivity index (χ1n) is 9.35. The summed E-state index contributed by atoms with van der Waals surface area (Å²) in [5.41, 5.74) is 8.31. The Morgan fingerprint density at radius 1 is 1.07 bits per heavy atom. The quantitative estimate of drug-likeness (QED) is 0.670. The first kappa shape index (κ1) is 21.6. The Labute approximate surface area is 171 Å². The molecule has 3 amide bonds. The van der Waals surface area contributed by atoms with Gasteiger partial charge in [0.1, 0.15) is 0 Å². The van der Waals surface area contributed by atoms with E-state index in [9.17, 15) is 9.59 Å². The van der Waals surface area contributed by atoms with E-state index >= 15 is 0 Å². The molecule has 0 bridgehead atoms. The molecule has 1 saturated heterocycles. The predicted octanol–water partition coefficient (Wildman–Crippen LogP) is 3.29. The number of likely N-dealkylation sites (tertiary alicyclic amines) is 1. The number of para-hydroxylation sites is 1. The summed E-state index contributed by atoms with van der Waals surface area (Å²) in [6.45, 7) is 1.70. The van der Waals surface area contributed by atoms with Crippen molar-refractivity contribution in [3.63, 3.8) is 0 Å². The topological polar surface area (TPSA) is 87.5 Å². The van der Waals surface area contributed by atoms with E-state index in [0.717, 1.165) is 36.2 Å². The predicted molar refractivity (Wildman–Crippen MR) is 115 cm³/mol. The van der Waals surface area contributed by atoms with Crippen LogP contribution in [0.1, 0.15) is 18.4 Å². The number of nitrogens with one attached hydrogen (secondary N) is 2. The van der Waals surface area contributed by atoms with Crippen LogP contribution in [-0.4, -0.2) is 36.5 Å². The van der Waals surface area contributed by atoms with Gasteiger partial charge >= 0.3 is 6.03 Å². The van der Waals surface area contributed by atoms with Gasteiger partial charge in [-0.15, -0.1) is 12.4 Å². The molecule has 1 atom stereocenters. The number of nitrogens with zero attached hydrogens (tertiary/aromatic N) is 1. The van der Waals surface area contributed by atoms with Crippen LogP contribution in [0.3, 0.4) is 0 Å². The van der Waals surface area contributed by atoms with Gasteiger partial charge in [0.25, 0.3) is 0 Å². The number of hydrogen-bond acceptors (Lipinski definition) is 3. The van der Waals surface area contributed by atoms with E-state index in [0.29, 0.717) is 19.6 Å². The molecule has 1 aliphatic rings. The van der Waals surface area contributed by atoms with E-state index in [2.05, 4.69) is 10.6 Å². The lowest BCUT2D eigenvalue weighted by molar-refractivity contribution is -0.126. The first-order valence-corrected chi connectivity index (χ1v) is 9.35. The number of benzene rings is 2. The zero-order chi connectivity index (χ0) is 19.1. The normalized spacial score (nSPS) is 16.0. The SMILES string of the molecule is Cl.Nc1ccc(CCNC(=O)C2CCCN(C(=O)Nc3ccccc3)C2)cc1. The molecule has 6 nitrogen and oxygen atoms in total. The molecule has 0 spiro atoms. The highest BCUT2D eigenvalue weighted by Gasteiger charge is 2.28. The second-order valence-corrected chi connectivity index (χ2v) is 6.86. The Bertz CT molecular complexity index is 768. The molecule has 150 valence electrons. The molecule has 1 heterocycles. The van der Waals surface area contributed by atoms with Crippen LogP contribution in [0.4, 0.5) is 16.2 Å². The van der Waals surface area contributed by atoms with Crippen molar-refractivity contribution >= 4 is 35.7 Å². The number of piperidine rings is 1. The molecule has 1 unspecified atom stereocenters. The molecule has 2 aromatic rings. The van der Waals surface area contributed by atoms with Crippen molar-refractivity contribution in [1.82, 2.24) is 10.2 Å². The maximum Gasteiger partial charge on any atom is 0.321 e. The van der Waals surface area contributed by atoms with Gasteiger partial charge < -0.3 is 21.3 Å². The highest BCUT2D eigenvalue weighted by Crippen LogP contribution is 2.18. The minimum absolute atomic E-state index is 0. The highest BCUT2D eigenvalue weighted by atomic mass is 35.5. The van der Waals surface area contributed by atoms with Gasteiger partial charge in [0.2, 0.25) is 5.91 Å². The maximum absolute atomic E-state index is 12.5. The van der Waals surface area contributed by atoms with E-state index in [-0.39, 0.29) is 30.3 Å². The Kier molecular flexibility index (Phi) is 8.14. The molecule has 28 heavy (non-hydrogen) atoms. The van der Waals surface area contributed by atoms with E-state index in [1.807, 2.05) is 54.6 Å². The van der Waals surface area contributed by atoms with Gasteiger partial charge in [-0.3, -0.25) is 4.79 Å². The van der Waals surface area contributed by atoms with Crippen LogP contribution in [0, 0.1) is 5.92 Å². The molecular formula is C21H27ClN4O2. The third-order valence-corrected chi connectivity index (χ3v) is 4.80. The number of carbonyl (C=O) groups is 2. The van der Waals surface area contributed by atoms with Crippen molar-refractivity contribution in [3.05, 3.63) is 60.2 Å². The van der Waals surface area contributed by atoms with Crippen molar-refractivity contribution in [1.29, 1.82) is 0 Å². The Hall–Kier alpha value is -2.73. The van der Waals surface area contributed by atoms with Crippen molar-refractivity contribution < 1.29 is 9.59 Å². The monoisotopic (exact) mass is 402 g/mol. The summed E-state index contributed by atoms with van der Waals surface area (Å²) < 4.78 is 0. The zero-order valence-electron chi connectivity index (χ0n) is 15.8. The van der Waals surface area contributed by atoms with E-state index < -0.39 is 0 Å². The summed E-state index contributed by atoms with van der Waals surface area (Å²) in [7, 11) is 0. The number of carbonyl (C=O) groups excluding carboxylic acids is 2. The average Bonchev–Trinajstić information content (AvgIpc) is 2.70. The summed E-state index contributed by atoms with van der Waals surface area (Å²) in [5.74, 6) is -0.144. The summed E-state index contributed by atoms with van der Waals surface area (Å²) in [6, 6.07) is 16.9. The third-order valence-electron chi connectivity index (χ3n) is 4.80. The summed E-state index contributed by atoms with van der Waals surface area (Å²) >= 11 is 0. The summed E-state index contributed by atoms with van der Waals surface area (Å²) in [6.07, 6.45) is 2.40. The molecule has 7 heteroatoms. The van der Waals surface area contributed by atoms with Crippen LogP contribution in [0.5, 0.6) is 0 Å². The number of anilines is 2. The van der Waals surface area contributed by atoms with Gasteiger partial charge in [-0.2, -0.15) is 0 Å². The largest absolute Gasteiger partial charge is 0.399 e. The molecule has 1 fully saturated rings. The second kappa shape index (κ2) is 10.6. The number of amides is 3. The van der Waals surface area contributed by atoms with Gasteiger partial charge in [0.15, 0.2) is 0 Å². The zero-order valence-corrected chi connectivity index (χ0v) is 16.6. The number of hydrogen-bond donors (Lipinski definition) is 3.